The maximum Gasteiger partial charge on any atom is 0.311 e. The van der Waals surface area contributed by atoms with Crippen molar-refractivity contribution in [3.63, 3.8) is 0 Å². The summed E-state index contributed by atoms with van der Waals surface area (Å²) in [6.45, 7) is 0.325. The monoisotopic (exact) mass is 370 g/mol. The van der Waals surface area contributed by atoms with Crippen LogP contribution in [0.5, 0.6) is 5.75 Å². The second-order valence-corrected chi connectivity index (χ2v) is 5.42. The third kappa shape index (κ3) is 6.24. The fourth-order valence-corrected chi connectivity index (χ4v) is 2.15. The molecule has 0 aromatic heterocycles. The molecule has 2 aromatic rings. The topological polar surface area (TPSA) is 123 Å². The summed E-state index contributed by atoms with van der Waals surface area (Å²) in [7, 11) is 1.33. The van der Waals surface area contributed by atoms with Crippen molar-refractivity contribution in [2.75, 3.05) is 7.11 Å². The van der Waals surface area contributed by atoms with Crippen LogP contribution in [0.25, 0.3) is 0 Å². The molecule has 0 fully saturated rings. The number of ether oxygens (including phenoxy) is 1. The zero-order chi connectivity index (χ0) is 19.6. The van der Waals surface area contributed by atoms with E-state index in [4.69, 9.17) is 4.74 Å². The Kier molecular flexibility index (Phi) is 7.00. The summed E-state index contributed by atoms with van der Waals surface area (Å²) in [6, 6.07) is 13.5. The molecule has 2 aromatic carbocycles. The number of hydrogen-bond acceptors (Lipinski definition) is 6. The molecule has 27 heavy (non-hydrogen) atoms. The van der Waals surface area contributed by atoms with Gasteiger partial charge in [-0.25, -0.2) is 5.43 Å². The van der Waals surface area contributed by atoms with Gasteiger partial charge in [-0.05, 0) is 17.7 Å². The number of benzene rings is 2. The number of nitrogens with zero attached hydrogens (tertiary/aromatic N) is 2. The maximum absolute atomic E-state index is 11.7. The lowest BCUT2D eigenvalue weighted by atomic mass is 10.2. The number of carbonyl (C=O) groups excluding carboxylic acids is 2. The van der Waals surface area contributed by atoms with E-state index in [-0.39, 0.29) is 17.9 Å². The lowest BCUT2D eigenvalue weighted by molar-refractivity contribution is -0.385. The number of nitro groups is 1. The van der Waals surface area contributed by atoms with Crippen molar-refractivity contribution >= 4 is 23.7 Å². The molecule has 0 aliphatic heterocycles. The summed E-state index contributed by atoms with van der Waals surface area (Å²) in [5, 5.41) is 17.3. The average Bonchev–Trinajstić information content (AvgIpc) is 2.67. The normalized spacial score (nSPS) is 10.4. The van der Waals surface area contributed by atoms with Crippen LogP contribution in [0.2, 0.25) is 0 Å². The SMILES string of the molecule is COc1ccc(/C=N/NC(=O)CC(=O)NCc2ccccc2)cc1[N+](=O)[O-]. The number of amides is 2. The fraction of sp³-hybridized carbons (Fsp3) is 0.167. The molecule has 0 aliphatic carbocycles. The summed E-state index contributed by atoms with van der Waals surface area (Å²) in [6.07, 6.45) is 0.860. The van der Waals surface area contributed by atoms with Gasteiger partial charge in [-0.15, -0.1) is 0 Å². The fourth-order valence-electron chi connectivity index (χ4n) is 2.15. The number of nitrogens with one attached hydrogen (secondary N) is 2. The molecule has 2 rings (SSSR count). The number of hydrogen-bond donors (Lipinski definition) is 2. The highest BCUT2D eigenvalue weighted by molar-refractivity contribution is 5.97. The van der Waals surface area contributed by atoms with Crippen molar-refractivity contribution in [1.82, 2.24) is 10.7 Å². The van der Waals surface area contributed by atoms with E-state index < -0.39 is 16.7 Å². The third-order valence-electron chi connectivity index (χ3n) is 3.46. The molecule has 0 radical (unpaired) electrons. The minimum absolute atomic E-state index is 0.122. The molecule has 0 aliphatic rings. The summed E-state index contributed by atoms with van der Waals surface area (Å²) < 4.78 is 4.90. The van der Waals surface area contributed by atoms with E-state index in [1.807, 2.05) is 30.3 Å². The quantitative estimate of drug-likeness (QED) is 0.317. The van der Waals surface area contributed by atoms with Gasteiger partial charge >= 0.3 is 5.69 Å². The second-order valence-electron chi connectivity index (χ2n) is 5.42. The Balaban J connectivity index is 1.83. The molecule has 0 unspecified atom stereocenters. The van der Waals surface area contributed by atoms with Crippen LogP contribution in [-0.4, -0.2) is 30.1 Å². The van der Waals surface area contributed by atoms with Crippen LogP contribution in [-0.2, 0) is 16.1 Å². The van der Waals surface area contributed by atoms with Gasteiger partial charge in [0.05, 0.1) is 18.2 Å². The predicted octanol–water partition coefficient (Wildman–Crippen LogP) is 1.76. The summed E-state index contributed by atoms with van der Waals surface area (Å²) in [4.78, 5) is 33.8. The van der Waals surface area contributed by atoms with Crippen molar-refractivity contribution in [1.29, 1.82) is 0 Å². The standard InChI is InChI=1S/C18H18N4O5/c1-27-16-8-7-14(9-15(16)22(25)26)12-20-21-18(24)10-17(23)19-11-13-5-3-2-4-6-13/h2-9,12H,10-11H2,1H3,(H,19,23)(H,21,24)/b20-12+. The van der Waals surface area contributed by atoms with Gasteiger partial charge in [0.2, 0.25) is 11.8 Å². The van der Waals surface area contributed by atoms with E-state index in [9.17, 15) is 19.7 Å². The van der Waals surface area contributed by atoms with Gasteiger partial charge in [0.15, 0.2) is 5.75 Å². The Morgan fingerprint density at radius 3 is 2.59 bits per heavy atom. The largest absolute Gasteiger partial charge is 0.490 e. The van der Waals surface area contributed by atoms with Crippen LogP contribution in [0.15, 0.2) is 53.6 Å². The first-order valence-electron chi connectivity index (χ1n) is 7.94. The lowest BCUT2D eigenvalue weighted by Crippen LogP contribution is -2.29. The predicted molar refractivity (Wildman–Crippen MR) is 98.3 cm³/mol. The number of nitro benzene ring substituents is 1. The number of carbonyl (C=O) groups is 2. The zero-order valence-electron chi connectivity index (χ0n) is 14.5. The third-order valence-corrected chi connectivity index (χ3v) is 3.46. The molecule has 0 saturated heterocycles. The van der Waals surface area contributed by atoms with Crippen molar-refractivity contribution in [3.05, 3.63) is 69.8 Å². The number of methoxy groups -OCH3 is 1. The van der Waals surface area contributed by atoms with Crippen LogP contribution in [0.4, 0.5) is 5.69 Å². The van der Waals surface area contributed by atoms with E-state index in [1.165, 1.54) is 25.5 Å². The van der Waals surface area contributed by atoms with Crippen LogP contribution >= 0.6 is 0 Å². The summed E-state index contributed by atoms with van der Waals surface area (Å²) >= 11 is 0. The first kappa shape index (κ1) is 19.6. The molecule has 9 heteroatoms. The Labute approximate surface area is 155 Å². The second kappa shape index (κ2) is 9.66. The highest BCUT2D eigenvalue weighted by atomic mass is 16.6. The van der Waals surface area contributed by atoms with Crippen LogP contribution < -0.4 is 15.5 Å². The van der Waals surface area contributed by atoms with Gasteiger partial charge < -0.3 is 10.1 Å². The van der Waals surface area contributed by atoms with E-state index in [0.29, 0.717) is 12.1 Å². The Morgan fingerprint density at radius 1 is 1.19 bits per heavy atom. The van der Waals surface area contributed by atoms with E-state index in [1.54, 1.807) is 6.07 Å². The molecule has 0 heterocycles. The molecule has 2 N–H and O–H groups in total. The molecule has 0 spiro atoms. The first-order valence-corrected chi connectivity index (χ1v) is 7.94. The van der Waals surface area contributed by atoms with Gasteiger partial charge in [0.1, 0.15) is 6.42 Å². The molecular formula is C18H18N4O5. The molecule has 0 atom stereocenters. The molecule has 140 valence electrons. The lowest BCUT2D eigenvalue weighted by Gasteiger charge is -2.04. The van der Waals surface area contributed by atoms with Crippen molar-refractivity contribution < 1.29 is 19.2 Å². The highest BCUT2D eigenvalue weighted by Crippen LogP contribution is 2.26. The minimum Gasteiger partial charge on any atom is -0.490 e. The molecule has 2 amide bonds. The molecule has 9 nitrogen and oxygen atoms in total. The van der Waals surface area contributed by atoms with Gasteiger partial charge in [-0.1, -0.05) is 30.3 Å². The average molecular weight is 370 g/mol. The molecule has 0 bridgehead atoms. The van der Waals surface area contributed by atoms with Gasteiger partial charge in [-0.2, -0.15) is 5.10 Å². The van der Waals surface area contributed by atoms with E-state index in [2.05, 4.69) is 15.8 Å². The van der Waals surface area contributed by atoms with Gasteiger partial charge in [0.25, 0.3) is 0 Å². The van der Waals surface area contributed by atoms with Crippen molar-refractivity contribution in [3.8, 4) is 5.75 Å². The van der Waals surface area contributed by atoms with Crippen molar-refractivity contribution in [2.24, 2.45) is 5.10 Å². The van der Waals surface area contributed by atoms with Crippen LogP contribution in [0.3, 0.4) is 0 Å². The summed E-state index contributed by atoms with van der Waals surface area (Å²) in [5.41, 5.74) is 3.31. The van der Waals surface area contributed by atoms with Crippen LogP contribution in [0, 0.1) is 10.1 Å². The highest BCUT2D eigenvalue weighted by Gasteiger charge is 2.14. The van der Waals surface area contributed by atoms with E-state index in [0.717, 1.165) is 5.56 Å². The van der Waals surface area contributed by atoms with Gasteiger partial charge in [-0.3, -0.25) is 19.7 Å². The molecule has 0 saturated carbocycles. The minimum atomic E-state index is -0.597. The van der Waals surface area contributed by atoms with E-state index >= 15 is 0 Å². The Morgan fingerprint density at radius 2 is 1.93 bits per heavy atom. The van der Waals surface area contributed by atoms with Crippen molar-refractivity contribution in [2.45, 2.75) is 13.0 Å². The first-order chi connectivity index (χ1) is 13.0. The smallest absolute Gasteiger partial charge is 0.311 e. The Bertz CT molecular complexity index is 852. The summed E-state index contributed by atoms with van der Waals surface area (Å²) in [5.74, 6) is -0.914. The maximum atomic E-state index is 11.7. The molecular weight excluding hydrogens is 352 g/mol. The zero-order valence-corrected chi connectivity index (χ0v) is 14.5. The Hall–Kier alpha value is -3.75. The van der Waals surface area contributed by atoms with Gasteiger partial charge in [0, 0.05) is 18.2 Å². The number of hydrazone groups is 1. The van der Waals surface area contributed by atoms with Crippen LogP contribution in [0.1, 0.15) is 17.5 Å². The number of rotatable bonds is 8.